The highest BCUT2D eigenvalue weighted by Crippen LogP contribution is 2.05. The van der Waals surface area contributed by atoms with Gasteiger partial charge in [0.1, 0.15) is 6.33 Å². The highest BCUT2D eigenvalue weighted by molar-refractivity contribution is 5.79. The third kappa shape index (κ3) is 3.01. The lowest BCUT2D eigenvalue weighted by molar-refractivity contribution is 0.0899. The summed E-state index contributed by atoms with van der Waals surface area (Å²) in [6, 6.07) is 5.70. The number of pyridine rings is 1. The van der Waals surface area contributed by atoms with E-state index in [9.17, 15) is 4.79 Å². The summed E-state index contributed by atoms with van der Waals surface area (Å²) in [4.78, 5) is 20.2. The summed E-state index contributed by atoms with van der Waals surface area (Å²) in [6.07, 6.45) is 6.69. The molecule has 2 N–H and O–H groups in total. The van der Waals surface area contributed by atoms with Crippen LogP contribution in [0.1, 0.15) is 22.6 Å². The molecule has 2 aromatic heterocycles. The predicted octanol–water partition coefficient (Wildman–Crippen LogP) is 1.05. The number of imidazole rings is 1. The van der Waals surface area contributed by atoms with Crippen molar-refractivity contribution in [2.75, 3.05) is 6.54 Å². The molecule has 0 radical (unpaired) electrons. The van der Waals surface area contributed by atoms with E-state index in [4.69, 9.17) is 5.73 Å². The zero-order chi connectivity index (χ0) is 12.8. The Morgan fingerprint density at radius 1 is 1.33 bits per heavy atom. The average Bonchev–Trinajstić information content (AvgIpc) is 2.86. The second kappa shape index (κ2) is 6.07. The molecule has 2 rings (SSSR count). The summed E-state index contributed by atoms with van der Waals surface area (Å²) in [7, 11) is 0. The monoisotopic (exact) mass is 244 g/mol. The first-order valence-electron chi connectivity index (χ1n) is 5.95. The van der Waals surface area contributed by atoms with Gasteiger partial charge in [-0.05, 0) is 25.1 Å². The molecule has 2 aromatic rings. The van der Waals surface area contributed by atoms with Gasteiger partial charge in [-0.25, -0.2) is 4.98 Å². The van der Waals surface area contributed by atoms with Crippen LogP contribution in [0.15, 0.2) is 36.9 Å². The van der Waals surface area contributed by atoms with Crippen molar-refractivity contribution in [3.8, 4) is 0 Å². The lowest BCUT2D eigenvalue weighted by atomic mass is 10.2. The second-order valence-corrected chi connectivity index (χ2v) is 4.01. The van der Waals surface area contributed by atoms with Crippen LogP contribution in [0.2, 0.25) is 0 Å². The first-order valence-corrected chi connectivity index (χ1v) is 5.95. The molecule has 0 amide bonds. The summed E-state index contributed by atoms with van der Waals surface area (Å²) in [6.45, 7) is 0.513. The Balaban J connectivity index is 1.97. The molecular weight excluding hydrogens is 228 g/mol. The first kappa shape index (κ1) is 12.4. The Morgan fingerprint density at radius 2 is 2.22 bits per heavy atom. The number of hydrogen-bond donors (Lipinski definition) is 1. The van der Waals surface area contributed by atoms with Crippen LogP contribution in [0.3, 0.4) is 0 Å². The van der Waals surface area contributed by atoms with Gasteiger partial charge in [-0.15, -0.1) is 0 Å². The Bertz CT molecular complexity index is 507. The third-order valence-corrected chi connectivity index (χ3v) is 2.71. The highest BCUT2D eigenvalue weighted by Gasteiger charge is 2.09. The maximum absolute atomic E-state index is 12.0. The molecule has 0 aliphatic rings. The van der Waals surface area contributed by atoms with E-state index in [0.29, 0.717) is 25.8 Å². The number of carbonyl (C=O) groups excluding carboxylic acids is 1. The SMILES string of the molecule is NCCc1cncn1C(=O)CCc1ccccn1. The normalized spacial score (nSPS) is 10.5. The molecule has 2 heterocycles. The van der Waals surface area contributed by atoms with Crippen LogP contribution in [-0.4, -0.2) is 27.0 Å². The number of nitrogens with two attached hydrogens (primary N) is 1. The van der Waals surface area contributed by atoms with Crippen molar-refractivity contribution in [2.24, 2.45) is 5.73 Å². The maximum Gasteiger partial charge on any atom is 0.232 e. The van der Waals surface area contributed by atoms with Crippen LogP contribution in [0, 0.1) is 0 Å². The van der Waals surface area contributed by atoms with E-state index >= 15 is 0 Å². The minimum Gasteiger partial charge on any atom is -0.330 e. The molecule has 0 aromatic carbocycles. The van der Waals surface area contributed by atoms with Gasteiger partial charge in [0.15, 0.2) is 0 Å². The average molecular weight is 244 g/mol. The van der Waals surface area contributed by atoms with Crippen molar-refractivity contribution in [3.63, 3.8) is 0 Å². The fraction of sp³-hybridized carbons (Fsp3) is 0.308. The topological polar surface area (TPSA) is 73.8 Å². The van der Waals surface area contributed by atoms with Crippen molar-refractivity contribution in [1.82, 2.24) is 14.5 Å². The number of hydrogen-bond acceptors (Lipinski definition) is 4. The summed E-state index contributed by atoms with van der Waals surface area (Å²) < 4.78 is 1.58. The van der Waals surface area contributed by atoms with Gasteiger partial charge in [0.05, 0.1) is 0 Å². The fourth-order valence-corrected chi connectivity index (χ4v) is 1.78. The van der Waals surface area contributed by atoms with E-state index in [0.717, 1.165) is 11.4 Å². The summed E-state index contributed by atoms with van der Waals surface area (Å²) in [5.74, 6) is 0.0293. The number of aromatic nitrogens is 3. The quantitative estimate of drug-likeness (QED) is 0.853. The summed E-state index contributed by atoms with van der Waals surface area (Å²) in [5, 5.41) is 0. The van der Waals surface area contributed by atoms with E-state index in [1.807, 2.05) is 18.2 Å². The molecule has 0 atom stereocenters. The second-order valence-electron chi connectivity index (χ2n) is 4.01. The van der Waals surface area contributed by atoms with Crippen molar-refractivity contribution in [2.45, 2.75) is 19.3 Å². The predicted molar refractivity (Wildman–Crippen MR) is 68.2 cm³/mol. The van der Waals surface area contributed by atoms with Gasteiger partial charge in [-0.1, -0.05) is 6.07 Å². The van der Waals surface area contributed by atoms with Crippen LogP contribution >= 0.6 is 0 Å². The Labute approximate surface area is 106 Å². The number of aryl methyl sites for hydroxylation is 1. The Kier molecular flexibility index (Phi) is 4.20. The van der Waals surface area contributed by atoms with Crippen LogP contribution in [0.4, 0.5) is 0 Å². The van der Waals surface area contributed by atoms with E-state index in [-0.39, 0.29) is 5.91 Å². The lowest BCUT2D eigenvalue weighted by Crippen LogP contribution is -2.16. The number of rotatable bonds is 5. The highest BCUT2D eigenvalue weighted by atomic mass is 16.2. The minimum atomic E-state index is 0.0293. The lowest BCUT2D eigenvalue weighted by Gasteiger charge is -2.05. The molecule has 94 valence electrons. The van der Waals surface area contributed by atoms with E-state index in [2.05, 4.69) is 9.97 Å². The number of nitrogens with zero attached hydrogens (tertiary/aromatic N) is 3. The molecular formula is C13H16N4O. The molecule has 0 saturated carbocycles. The van der Waals surface area contributed by atoms with Crippen LogP contribution in [-0.2, 0) is 12.8 Å². The van der Waals surface area contributed by atoms with Gasteiger partial charge < -0.3 is 5.73 Å². The molecule has 5 heteroatoms. The molecule has 18 heavy (non-hydrogen) atoms. The first-order chi connectivity index (χ1) is 8.81. The van der Waals surface area contributed by atoms with E-state index < -0.39 is 0 Å². The van der Waals surface area contributed by atoms with Crippen molar-refractivity contribution in [3.05, 3.63) is 48.3 Å². The zero-order valence-electron chi connectivity index (χ0n) is 10.1. The van der Waals surface area contributed by atoms with E-state index in [1.165, 1.54) is 0 Å². The third-order valence-electron chi connectivity index (χ3n) is 2.71. The van der Waals surface area contributed by atoms with Gasteiger partial charge in [0.2, 0.25) is 5.91 Å². The molecule has 0 saturated heterocycles. The molecule has 0 aliphatic carbocycles. The van der Waals surface area contributed by atoms with Crippen molar-refractivity contribution >= 4 is 5.91 Å². The van der Waals surface area contributed by atoms with Crippen molar-refractivity contribution < 1.29 is 4.79 Å². The Hall–Kier alpha value is -2.01. The standard InChI is InChI=1S/C13H16N4O/c14-7-6-12-9-15-10-17(12)13(18)5-4-11-3-1-2-8-16-11/h1-3,8-10H,4-7,14H2. The van der Waals surface area contributed by atoms with Crippen LogP contribution in [0.5, 0.6) is 0 Å². The molecule has 0 spiro atoms. The fourth-order valence-electron chi connectivity index (χ4n) is 1.78. The van der Waals surface area contributed by atoms with Crippen LogP contribution < -0.4 is 5.73 Å². The van der Waals surface area contributed by atoms with Crippen LogP contribution in [0.25, 0.3) is 0 Å². The van der Waals surface area contributed by atoms with Gasteiger partial charge in [0.25, 0.3) is 0 Å². The Morgan fingerprint density at radius 3 is 2.94 bits per heavy atom. The molecule has 5 nitrogen and oxygen atoms in total. The largest absolute Gasteiger partial charge is 0.330 e. The van der Waals surface area contributed by atoms with Gasteiger partial charge in [-0.3, -0.25) is 14.3 Å². The van der Waals surface area contributed by atoms with Gasteiger partial charge in [-0.2, -0.15) is 0 Å². The smallest absolute Gasteiger partial charge is 0.232 e. The van der Waals surface area contributed by atoms with Gasteiger partial charge in [0, 0.05) is 36.6 Å². The molecule has 0 bridgehead atoms. The molecule has 0 aliphatic heterocycles. The summed E-state index contributed by atoms with van der Waals surface area (Å²) in [5.41, 5.74) is 7.28. The molecule has 0 fully saturated rings. The summed E-state index contributed by atoms with van der Waals surface area (Å²) >= 11 is 0. The number of carbonyl (C=O) groups is 1. The minimum absolute atomic E-state index is 0.0293. The van der Waals surface area contributed by atoms with Crippen molar-refractivity contribution in [1.29, 1.82) is 0 Å². The maximum atomic E-state index is 12.0. The van der Waals surface area contributed by atoms with Gasteiger partial charge >= 0.3 is 0 Å². The van der Waals surface area contributed by atoms with E-state index in [1.54, 1.807) is 23.3 Å². The zero-order valence-corrected chi connectivity index (χ0v) is 10.1. The molecule has 0 unspecified atom stereocenters.